The minimum atomic E-state index is -0.286. The summed E-state index contributed by atoms with van der Waals surface area (Å²) >= 11 is 1.69. The normalized spacial score (nSPS) is 15.1. The summed E-state index contributed by atoms with van der Waals surface area (Å²) in [6, 6.07) is 21.5. The minimum Gasteiger partial charge on any atom is -0.376 e. The number of aryl methyl sites for hydroxylation is 2. The van der Waals surface area contributed by atoms with Crippen LogP contribution in [0.4, 0.5) is 10.5 Å². The molecule has 1 aliphatic heterocycles. The van der Waals surface area contributed by atoms with Crippen LogP contribution < -0.4 is 5.32 Å². The van der Waals surface area contributed by atoms with Crippen LogP contribution in [0.1, 0.15) is 33.7 Å². The molecule has 1 aromatic heterocycles. The Bertz CT molecular complexity index is 1130. The fourth-order valence-corrected chi connectivity index (χ4v) is 5.14. The molecule has 0 saturated carbocycles. The summed E-state index contributed by atoms with van der Waals surface area (Å²) in [5, 5.41) is 2.97. The summed E-state index contributed by atoms with van der Waals surface area (Å²) in [7, 11) is 0. The van der Waals surface area contributed by atoms with Gasteiger partial charge < -0.3 is 19.9 Å². The number of nitrogens with zero attached hydrogens (tertiary/aromatic N) is 2. The number of nitrogens with one attached hydrogen (secondary N) is 1. The summed E-state index contributed by atoms with van der Waals surface area (Å²) in [5.41, 5.74) is 2.84. The SMILES string of the molecule is Cc1cccc(NC(=O)N(CC(=O)N(Cc2ccccc2)Cc2ccc(C)s2)CC2CCCO2)c1. The van der Waals surface area contributed by atoms with Gasteiger partial charge in [-0.15, -0.1) is 11.3 Å². The summed E-state index contributed by atoms with van der Waals surface area (Å²) in [4.78, 5) is 32.7. The maximum atomic E-state index is 13.6. The largest absolute Gasteiger partial charge is 0.376 e. The molecule has 1 saturated heterocycles. The van der Waals surface area contributed by atoms with Gasteiger partial charge in [-0.05, 0) is 62.1 Å². The van der Waals surface area contributed by atoms with Gasteiger partial charge >= 0.3 is 6.03 Å². The second kappa shape index (κ2) is 12.0. The number of benzene rings is 2. The minimum absolute atomic E-state index is 0.00526. The van der Waals surface area contributed by atoms with Gasteiger partial charge in [-0.3, -0.25) is 4.79 Å². The molecule has 2 aromatic carbocycles. The Morgan fingerprint density at radius 3 is 2.51 bits per heavy atom. The first-order valence-corrected chi connectivity index (χ1v) is 12.9. The van der Waals surface area contributed by atoms with E-state index in [0.29, 0.717) is 26.2 Å². The van der Waals surface area contributed by atoms with Crippen LogP contribution in [0.3, 0.4) is 0 Å². The molecule has 7 heteroatoms. The number of thiophene rings is 1. The molecule has 184 valence electrons. The van der Waals surface area contributed by atoms with Crippen LogP contribution in [0.15, 0.2) is 66.7 Å². The topological polar surface area (TPSA) is 61.9 Å². The first-order valence-electron chi connectivity index (χ1n) is 12.1. The smallest absolute Gasteiger partial charge is 0.322 e. The first kappa shape index (κ1) is 24.9. The Labute approximate surface area is 211 Å². The van der Waals surface area contributed by atoms with Crippen molar-refractivity contribution in [3.05, 3.63) is 87.6 Å². The second-order valence-electron chi connectivity index (χ2n) is 9.06. The zero-order chi connectivity index (χ0) is 24.6. The average Bonchev–Trinajstić information content (AvgIpc) is 3.50. The monoisotopic (exact) mass is 491 g/mol. The van der Waals surface area contributed by atoms with Crippen LogP contribution in [0.25, 0.3) is 0 Å². The van der Waals surface area contributed by atoms with Crippen molar-refractivity contribution in [3.63, 3.8) is 0 Å². The Kier molecular flexibility index (Phi) is 8.55. The number of hydrogen-bond donors (Lipinski definition) is 1. The standard InChI is InChI=1S/C28H33N3O3S/c1-21-8-6-11-24(16-21)29-28(33)31(18-25-12-7-15-34-25)20-27(32)30(17-23-9-4-3-5-10-23)19-26-14-13-22(2)35-26/h3-6,8-11,13-14,16,25H,7,12,15,17-20H2,1-2H3,(H,29,33). The predicted molar refractivity (Wildman–Crippen MR) is 140 cm³/mol. The van der Waals surface area contributed by atoms with Gasteiger partial charge in [0.15, 0.2) is 0 Å². The molecule has 35 heavy (non-hydrogen) atoms. The highest BCUT2D eigenvalue weighted by Crippen LogP contribution is 2.20. The molecule has 4 rings (SSSR count). The molecule has 1 atom stereocenters. The molecule has 6 nitrogen and oxygen atoms in total. The van der Waals surface area contributed by atoms with E-state index < -0.39 is 0 Å². The first-order chi connectivity index (χ1) is 17.0. The molecule has 0 bridgehead atoms. The molecular weight excluding hydrogens is 458 g/mol. The van der Waals surface area contributed by atoms with Crippen molar-refractivity contribution in [2.75, 3.05) is 25.0 Å². The van der Waals surface area contributed by atoms with Gasteiger partial charge in [-0.1, -0.05) is 42.5 Å². The van der Waals surface area contributed by atoms with Gasteiger partial charge in [0.1, 0.15) is 6.54 Å². The molecule has 0 aliphatic carbocycles. The van der Waals surface area contributed by atoms with Gasteiger partial charge in [-0.2, -0.15) is 0 Å². The van der Waals surface area contributed by atoms with E-state index in [1.54, 1.807) is 16.2 Å². The van der Waals surface area contributed by atoms with Crippen molar-refractivity contribution in [1.29, 1.82) is 0 Å². The van der Waals surface area contributed by atoms with Crippen LogP contribution in [-0.2, 0) is 22.6 Å². The number of hydrogen-bond acceptors (Lipinski definition) is 4. The molecule has 0 spiro atoms. The zero-order valence-corrected chi connectivity index (χ0v) is 21.2. The van der Waals surface area contributed by atoms with Gasteiger partial charge in [0.2, 0.25) is 5.91 Å². The van der Waals surface area contributed by atoms with E-state index >= 15 is 0 Å². The predicted octanol–water partition coefficient (Wildman–Crippen LogP) is 5.61. The Morgan fingerprint density at radius 2 is 1.83 bits per heavy atom. The molecule has 3 amide bonds. The van der Waals surface area contributed by atoms with Crippen LogP contribution in [0.2, 0.25) is 0 Å². The summed E-state index contributed by atoms with van der Waals surface area (Å²) < 4.78 is 5.79. The number of rotatable bonds is 9. The van der Waals surface area contributed by atoms with E-state index in [1.165, 1.54) is 4.88 Å². The van der Waals surface area contributed by atoms with Crippen LogP contribution in [0.5, 0.6) is 0 Å². The number of ether oxygens (including phenoxy) is 1. The van der Waals surface area contributed by atoms with E-state index in [0.717, 1.165) is 34.5 Å². The molecule has 1 fully saturated rings. The number of amides is 3. The van der Waals surface area contributed by atoms with E-state index in [-0.39, 0.29) is 24.6 Å². The Balaban J connectivity index is 1.51. The van der Waals surface area contributed by atoms with E-state index in [1.807, 2.05) is 66.4 Å². The highest BCUT2D eigenvalue weighted by atomic mass is 32.1. The van der Waals surface area contributed by atoms with Gasteiger partial charge in [-0.25, -0.2) is 4.79 Å². The van der Waals surface area contributed by atoms with Gasteiger partial charge in [0.05, 0.1) is 12.6 Å². The molecule has 3 aromatic rings. The van der Waals surface area contributed by atoms with Crippen molar-refractivity contribution in [2.24, 2.45) is 0 Å². The van der Waals surface area contributed by atoms with Crippen molar-refractivity contribution in [3.8, 4) is 0 Å². The number of anilines is 1. The van der Waals surface area contributed by atoms with Crippen molar-refractivity contribution in [2.45, 2.75) is 45.9 Å². The third kappa shape index (κ3) is 7.41. The van der Waals surface area contributed by atoms with E-state index in [9.17, 15) is 9.59 Å². The molecule has 2 heterocycles. The fraction of sp³-hybridized carbons (Fsp3) is 0.357. The highest BCUT2D eigenvalue weighted by Gasteiger charge is 2.27. The number of urea groups is 1. The molecule has 1 aliphatic rings. The number of carbonyl (C=O) groups excluding carboxylic acids is 2. The zero-order valence-electron chi connectivity index (χ0n) is 20.4. The molecule has 1 N–H and O–H groups in total. The lowest BCUT2D eigenvalue weighted by atomic mass is 10.2. The maximum absolute atomic E-state index is 13.6. The Morgan fingerprint density at radius 1 is 1.00 bits per heavy atom. The molecule has 0 radical (unpaired) electrons. The van der Waals surface area contributed by atoms with Gasteiger partial charge in [0, 0.05) is 35.1 Å². The summed E-state index contributed by atoms with van der Waals surface area (Å²) in [6.45, 7) is 6.14. The molecular formula is C28H33N3O3S. The lowest BCUT2D eigenvalue weighted by Gasteiger charge is -2.29. The van der Waals surface area contributed by atoms with Crippen LogP contribution >= 0.6 is 11.3 Å². The van der Waals surface area contributed by atoms with Gasteiger partial charge in [0.25, 0.3) is 0 Å². The van der Waals surface area contributed by atoms with Crippen molar-refractivity contribution in [1.82, 2.24) is 9.80 Å². The highest BCUT2D eigenvalue weighted by molar-refractivity contribution is 7.11. The third-order valence-corrected chi connectivity index (χ3v) is 7.03. The average molecular weight is 492 g/mol. The van der Waals surface area contributed by atoms with Crippen LogP contribution in [-0.4, -0.2) is 47.5 Å². The fourth-order valence-electron chi connectivity index (χ4n) is 4.24. The summed E-state index contributed by atoms with van der Waals surface area (Å²) in [5.74, 6) is -0.0858. The third-order valence-electron chi connectivity index (χ3n) is 6.04. The van der Waals surface area contributed by atoms with Crippen molar-refractivity contribution < 1.29 is 14.3 Å². The van der Waals surface area contributed by atoms with E-state index in [2.05, 4.69) is 24.4 Å². The lowest BCUT2D eigenvalue weighted by molar-refractivity contribution is -0.133. The van der Waals surface area contributed by atoms with Crippen LogP contribution in [0, 0.1) is 13.8 Å². The van der Waals surface area contributed by atoms with Crippen molar-refractivity contribution >= 4 is 29.0 Å². The second-order valence-corrected chi connectivity index (χ2v) is 10.4. The van der Waals surface area contributed by atoms with E-state index in [4.69, 9.17) is 4.74 Å². The quantitative estimate of drug-likeness (QED) is 0.423. The summed E-state index contributed by atoms with van der Waals surface area (Å²) in [6.07, 6.45) is 1.82. The number of carbonyl (C=O) groups is 2. The lowest BCUT2D eigenvalue weighted by Crippen LogP contribution is -2.46. The molecule has 1 unspecified atom stereocenters. The maximum Gasteiger partial charge on any atom is 0.322 e. The Hall–Kier alpha value is -3.16.